The highest BCUT2D eigenvalue weighted by atomic mass is 16.3. The predicted octanol–water partition coefficient (Wildman–Crippen LogP) is 2.81. The Hall–Kier alpha value is -2.13. The van der Waals surface area contributed by atoms with Gasteiger partial charge in [0.05, 0.1) is 5.60 Å². The second-order valence-corrected chi connectivity index (χ2v) is 5.96. The minimum Gasteiger partial charge on any atom is -0.385 e. The Morgan fingerprint density at radius 1 is 1.18 bits per heavy atom. The summed E-state index contributed by atoms with van der Waals surface area (Å²) in [6.45, 7) is 0. The molecule has 1 atom stereocenters. The molecule has 3 heteroatoms. The molecule has 0 saturated carbocycles. The highest BCUT2D eigenvalue weighted by Crippen LogP contribution is 2.38. The van der Waals surface area contributed by atoms with Crippen molar-refractivity contribution >= 4 is 5.91 Å². The third-order valence-electron chi connectivity index (χ3n) is 4.53. The number of aryl methyl sites for hydroxylation is 1. The van der Waals surface area contributed by atoms with Crippen LogP contribution in [0.1, 0.15) is 39.9 Å². The molecule has 2 aromatic rings. The number of nitrogens with one attached hydrogen (secondary N) is 1. The molecule has 2 N–H and O–H groups in total. The zero-order chi connectivity index (χ0) is 15.6. The van der Waals surface area contributed by atoms with Crippen molar-refractivity contribution in [2.45, 2.75) is 31.3 Å². The van der Waals surface area contributed by atoms with Crippen LogP contribution in [0.5, 0.6) is 0 Å². The fraction of sp³-hybridized carbons (Fsp3) is 0.316. The van der Waals surface area contributed by atoms with E-state index in [2.05, 4.69) is 11.4 Å². The molecule has 0 aliphatic heterocycles. The van der Waals surface area contributed by atoms with Gasteiger partial charge in [0.1, 0.15) is 0 Å². The van der Waals surface area contributed by atoms with E-state index in [9.17, 15) is 9.90 Å². The Morgan fingerprint density at radius 3 is 2.73 bits per heavy atom. The molecule has 0 fully saturated rings. The van der Waals surface area contributed by atoms with Crippen molar-refractivity contribution in [2.24, 2.45) is 0 Å². The molecule has 0 heterocycles. The Bertz CT molecular complexity index is 695. The number of carbonyl (C=O) groups excluding carboxylic acids is 1. The third kappa shape index (κ3) is 2.64. The summed E-state index contributed by atoms with van der Waals surface area (Å²) < 4.78 is 0. The first-order chi connectivity index (χ1) is 10.6. The average Bonchev–Trinajstić information content (AvgIpc) is 2.55. The van der Waals surface area contributed by atoms with E-state index in [1.165, 1.54) is 5.56 Å². The molecule has 0 aromatic heterocycles. The van der Waals surface area contributed by atoms with Gasteiger partial charge < -0.3 is 10.4 Å². The molecule has 1 unspecified atom stereocenters. The molecule has 0 saturated heterocycles. The van der Waals surface area contributed by atoms with E-state index in [1.54, 1.807) is 7.05 Å². The van der Waals surface area contributed by atoms with Gasteiger partial charge in [0.25, 0.3) is 5.91 Å². The van der Waals surface area contributed by atoms with Gasteiger partial charge in [0, 0.05) is 19.0 Å². The molecule has 0 spiro atoms. The summed E-state index contributed by atoms with van der Waals surface area (Å²) in [5, 5.41) is 13.9. The molecular weight excluding hydrogens is 274 g/mol. The fourth-order valence-corrected chi connectivity index (χ4v) is 3.43. The maximum absolute atomic E-state index is 12.0. The monoisotopic (exact) mass is 295 g/mol. The summed E-state index contributed by atoms with van der Waals surface area (Å²) in [6.07, 6.45) is 3.17. The lowest BCUT2D eigenvalue weighted by Gasteiger charge is -2.35. The summed E-state index contributed by atoms with van der Waals surface area (Å²) in [5.41, 5.74) is 2.86. The van der Waals surface area contributed by atoms with E-state index in [0.717, 1.165) is 30.4 Å². The van der Waals surface area contributed by atoms with Crippen LogP contribution in [0.2, 0.25) is 0 Å². The van der Waals surface area contributed by atoms with Crippen molar-refractivity contribution in [3.63, 3.8) is 0 Å². The quantitative estimate of drug-likeness (QED) is 0.915. The minimum absolute atomic E-state index is 0.108. The first-order valence-corrected chi connectivity index (χ1v) is 7.75. The summed E-state index contributed by atoms with van der Waals surface area (Å²) >= 11 is 0. The van der Waals surface area contributed by atoms with E-state index in [4.69, 9.17) is 0 Å². The van der Waals surface area contributed by atoms with Crippen LogP contribution in [-0.2, 0) is 18.4 Å². The molecule has 114 valence electrons. The lowest BCUT2D eigenvalue weighted by molar-refractivity contribution is 0.0189. The lowest BCUT2D eigenvalue weighted by Crippen LogP contribution is -2.34. The van der Waals surface area contributed by atoms with E-state index < -0.39 is 5.60 Å². The van der Waals surface area contributed by atoms with E-state index >= 15 is 0 Å². The van der Waals surface area contributed by atoms with Crippen LogP contribution in [0, 0.1) is 0 Å². The van der Waals surface area contributed by atoms with Crippen LogP contribution in [-0.4, -0.2) is 18.1 Å². The number of amides is 1. The van der Waals surface area contributed by atoms with Gasteiger partial charge in [0.15, 0.2) is 0 Å². The molecule has 1 aliphatic carbocycles. The minimum atomic E-state index is -0.890. The Morgan fingerprint density at radius 2 is 1.91 bits per heavy atom. The summed E-state index contributed by atoms with van der Waals surface area (Å²) in [4.78, 5) is 12.0. The van der Waals surface area contributed by atoms with Crippen molar-refractivity contribution in [1.82, 2.24) is 5.32 Å². The van der Waals surface area contributed by atoms with E-state index in [0.29, 0.717) is 12.0 Å². The topological polar surface area (TPSA) is 49.3 Å². The normalized spacial score (nSPS) is 20.3. The smallest absolute Gasteiger partial charge is 0.251 e. The lowest BCUT2D eigenvalue weighted by atomic mass is 9.75. The number of hydrogen-bond acceptors (Lipinski definition) is 2. The summed E-state index contributed by atoms with van der Waals surface area (Å²) in [6, 6.07) is 15.6. The van der Waals surface area contributed by atoms with Gasteiger partial charge in [-0.2, -0.15) is 0 Å². The standard InChI is InChI=1S/C19H21NO2/c1-20-18(21)16-10-4-2-8-15(16)13-19(22)12-6-9-14-7-3-5-11-17(14)19/h2-5,7-8,10-11,22H,6,9,12-13H2,1H3,(H,20,21). The summed E-state index contributed by atoms with van der Waals surface area (Å²) in [7, 11) is 1.63. The van der Waals surface area contributed by atoms with Crippen molar-refractivity contribution < 1.29 is 9.90 Å². The van der Waals surface area contributed by atoms with Crippen molar-refractivity contribution in [3.8, 4) is 0 Å². The van der Waals surface area contributed by atoms with Crippen LogP contribution in [0.3, 0.4) is 0 Å². The molecule has 3 nitrogen and oxygen atoms in total. The largest absolute Gasteiger partial charge is 0.385 e. The first kappa shape index (κ1) is 14.8. The molecule has 0 radical (unpaired) electrons. The van der Waals surface area contributed by atoms with Gasteiger partial charge >= 0.3 is 0 Å². The van der Waals surface area contributed by atoms with Gasteiger partial charge in [-0.1, -0.05) is 42.5 Å². The van der Waals surface area contributed by atoms with Crippen LogP contribution in [0.15, 0.2) is 48.5 Å². The maximum atomic E-state index is 12.0. The average molecular weight is 295 g/mol. The third-order valence-corrected chi connectivity index (χ3v) is 4.53. The van der Waals surface area contributed by atoms with Crippen molar-refractivity contribution in [3.05, 3.63) is 70.8 Å². The number of benzene rings is 2. The maximum Gasteiger partial charge on any atom is 0.251 e. The number of aliphatic hydroxyl groups is 1. The molecule has 1 amide bonds. The second kappa shape index (κ2) is 5.93. The van der Waals surface area contributed by atoms with Crippen LogP contribution in [0.4, 0.5) is 0 Å². The number of carbonyl (C=O) groups is 1. The first-order valence-electron chi connectivity index (χ1n) is 7.75. The molecule has 3 rings (SSSR count). The van der Waals surface area contributed by atoms with Crippen LogP contribution in [0.25, 0.3) is 0 Å². The van der Waals surface area contributed by atoms with E-state index in [-0.39, 0.29) is 5.91 Å². The Balaban J connectivity index is 1.99. The van der Waals surface area contributed by atoms with Gasteiger partial charge in [-0.05, 0) is 42.0 Å². The van der Waals surface area contributed by atoms with Gasteiger partial charge in [-0.15, -0.1) is 0 Å². The Labute approximate surface area is 131 Å². The van der Waals surface area contributed by atoms with Gasteiger partial charge in [0.2, 0.25) is 0 Å². The van der Waals surface area contributed by atoms with Crippen molar-refractivity contribution in [2.75, 3.05) is 7.05 Å². The van der Waals surface area contributed by atoms with E-state index in [1.807, 2.05) is 42.5 Å². The number of hydrogen-bond donors (Lipinski definition) is 2. The van der Waals surface area contributed by atoms with Gasteiger partial charge in [-0.25, -0.2) is 0 Å². The highest BCUT2D eigenvalue weighted by molar-refractivity contribution is 5.95. The SMILES string of the molecule is CNC(=O)c1ccccc1CC1(O)CCCc2ccccc21. The molecule has 1 aliphatic rings. The predicted molar refractivity (Wildman–Crippen MR) is 86.8 cm³/mol. The Kier molecular flexibility index (Phi) is 3.99. The molecule has 22 heavy (non-hydrogen) atoms. The molecular formula is C19H21NO2. The van der Waals surface area contributed by atoms with Gasteiger partial charge in [-0.3, -0.25) is 4.79 Å². The number of fused-ring (bicyclic) bond motifs is 1. The van der Waals surface area contributed by atoms with Crippen LogP contribution >= 0.6 is 0 Å². The zero-order valence-electron chi connectivity index (χ0n) is 12.8. The molecule has 0 bridgehead atoms. The van der Waals surface area contributed by atoms with Crippen molar-refractivity contribution in [1.29, 1.82) is 0 Å². The fourth-order valence-electron chi connectivity index (χ4n) is 3.43. The highest BCUT2D eigenvalue weighted by Gasteiger charge is 2.35. The second-order valence-electron chi connectivity index (χ2n) is 5.96. The summed E-state index contributed by atoms with van der Waals surface area (Å²) in [5.74, 6) is -0.108. The van der Waals surface area contributed by atoms with Crippen LogP contribution < -0.4 is 5.32 Å². The molecule has 2 aromatic carbocycles. The zero-order valence-corrected chi connectivity index (χ0v) is 12.8. The number of rotatable bonds is 3.